The number of ketones is 1. The van der Waals surface area contributed by atoms with Gasteiger partial charge in [0.25, 0.3) is 0 Å². The van der Waals surface area contributed by atoms with E-state index in [9.17, 15) is 9.59 Å². The molecule has 18 heavy (non-hydrogen) atoms. The van der Waals surface area contributed by atoms with Crippen LogP contribution in [0.3, 0.4) is 0 Å². The zero-order valence-corrected chi connectivity index (χ0v) is 11.4. The number of nitrogens with zero attached hydrogens (tertiary/aromatic N) is 1. The fraction of sp³-hybridized carbons (Fsp3) is 0.571. The molecule has 0 unspecified atom stereocenters. The van der Waals surface area contributed by atoms with Crippen LogP contribution in [0, 0.1) is 5.92 Å². The molecule has 1 aromatic heterocycles. The molecule has 1 heterocycles. The fourth-order valence-electron chi connectivity index (χ4n) is 1.64. The highest BCUT2D eigenvalue weighted by molar-refractivity contribution is 5.97. The zero-order valence-electron chi connectivity index (χ0n) is 11.4. The highest BCUT2D eigenvalue weighted by Gasteiger charge is 2.12. The monoisotopic (exact) mass is 250 g/mol. The van der Waals surface area contributed by atoms with E-state index in [0.29, 0.717) is 12.1 Å². The van der Waals surface area contributed by atoms with Gasteiger partial charge in [0.1, 0.15) is 6.54 Å². The number of hydrogen-bond donors (Lipinski definition) is 1. The molecular weight excluding hydrogens is 228 g/mol. The number of Topliss-reactive ketones (excluding diaryl/α,β-unsaturated/α-hetero) is 1. The molecular formula is C14H22N2O2. The molecule has 0 spiro atoms. The summed E-state index contributed by atoms with van der Waals surface area (Å²) in [6.07, 6.45) is 5.57. The molecule has 0 fully saturated rings. The molecule has 0 saturated heterocycles. The highest BCUT2D eigenvalue weighted by atomic mass is 16.2. The SMILES string of the molecule is CCCCNC(=O)Cn1ccc(C(=O)C(C)C)c1. The van der Waals surface area contributed by atoms with Gasteiger partial charge in [0.05, 0.1) is 0 Å². The molecule has 1 N–H and O–H groups in total. The molecule has 0 bridgehead atoms. The van der Waals surface area contributed by atoms with Crippen LogP contribution in [0.2, 0.25) is 0 Å². The lowest BCUT2D eigenvalue weighted by molar-refractivity contribution is -0.121. The van der Waals surface area contributed by atoms with E-state index in [2.05, 4.69) is 12.2 Å². The second-order valence-electron chi connectivity index (χ2n) is 4.79. The first kappa shape index (κ1) is 14.5. The Morgan fingerprint density at radius 2 is 2.11 bits per heavy atom. The van der Waals surface area contributed by atoms with Crippen LogP contribution in [-0.4, -0.2) is 22.8 Å². The molecule has 0 aromatic carbocycles. The molecule has 0 saturated carbocycles. The van der Waals surface area contributed by atoms with Gasteiger partial charge < -0.3 is 9.88 Å². The molecule has 0 aliphatic heterocycles. The average molecular weight is 250 g/mol. The lowest BCUT2D eigenvalue weighted by Crippen LogP contribution is -2.27. The quantitative estimate of drug-likeness (QED) is 0.596. The van der Waals surface area contributed by atoms with Gasteiger partial charge in [0, 0.05) is 30.4 Å². The minimum atomic E-state index is -0.0146. The van der Waals surface area contributed by atoms with Crippen LogP contribution in [0.4, 0.5) is 0 Å². The van der Waals surface area contributed by atoms with Gasteiger partial charge in [-0.05, 0) is 12.5 Å². The van der Waals surface area contributed by atoms with Gasteiger partial charge in [0.2, 0.25) is 5.91 Å². The van der Waals surface area contributed by atoms with Gasteiger partial charge in [0.15, 0.2) is 5.78 Å². The van der Waals surface area contributed by atoms with Crippen LogP contribution in [0.1, 0.15) is 44.0 Å². The van der Waals surface area contributed by atoms with E-state index < -0.39 is 0 Å². The van der Waals surface area contributed by atoms with Crippen LogP contribution in [0.15, 0.2) is 18.5 Å². The van der Waals surface area contributed by atoms with Crippen molar-refractivity contribution in [2.75, 3.05) is 6.54 Å². The summed E-state index contributed by atoms with van der Waals surface area (Å²) in [5.74, 6) is 0.0852. The number of nitrogens with one attached hydrogen (secondary N) is 1. The van der Waals surface area contributed by atoms with E-state index in [-0.39, 0.29) is 24.2 Å². The van der Waals surface area contributed by atoms with Gasteiger partial charge in [-0.2, -0.15) is 0 Å². The van der Waals surface area contributed by atoms with Crippen LogP contribution in [-0.2, 0) is 11.3 Å². The maximum Gasteiger partial charge on any atom is 0.239 e. The van der Waals surface area contributed by atoms with E-state index in [1.165, 1.54) is 0 Å². The molecule has 4 heteroatoms. The van der Waals surface area contributed by atoms with Crippen LogP contribution < -0.4 is 5.32 Å². The molecule has 100 valence electrons. The number of rotatable bonds is 7. The second-order valence-corrected chi connectivity index (χ2v) is 4.79. The van der Waals surface area contributed by atoms with Crippen molar-refractivity contribution in [3.63, 3.8) is 0 Å². The predicted octanol–water partition coefficient (Wildman–Crippen LogP) is 2.24. The lowest BCUT2D eigenvalue weighted by Gasteiger charge is -2.05. The normalized spacial score (nSPS) is 10.7. The Morgan fingerprint density at radius 1 is 1.39 bits per heavy atom. The van der Waals surface area contributed by atoms with E-state index >= 15 is 0 Å². The van der Waals surface area contributed by atoms with Crippen LogP contribution in [0.25, 0.3) is 0 Å². The largest absolute Gasteiger partial charge is 0.355 e. The van der Waals surface area contributed by atoms with Gasteiger partial charge in [-0.3, -0.25) is 9.59 Å². The summed E-state index contributed by atoms with van der Waals surface area (Å²) in [4.78, 5) is 23.3. The van der Waals surface area contributed by atoms with E-state index in [1.807, 2.05) is 13.8 Å². The van der Waals surface area contributed by atoms with Crippen LogP contribution in [0.5, 0.6) is 0 Å². The summed E-state index contributed by atoms with van der Waals surface area (Å²) in [7, 11) is 0. The van der Waals surface area contributed by atoms with Gasteiger partial charge in [-0.15, -0.1) is 0 Å². The third-order valence-electron chi connectivity index (χ3n) is 2.74. The molecule has 1 amide bonds. The summed E-state index contributed by atoms with van der Waals surface area (Å²) in [6.45, 7) is 6.82. The lowest BCUT2D eigenvalue weighted by atomic mass is 10.0. The topological polar surface area (TPSA) is 51.1 Å². The number of amides is 1. The minimum Gasteiger partial charge on any atom is -0.355 e. The van der Waals surface area contributed by atoms with Crippen molar-refractivity contribution in [1.29, 1.82) is 0 Å². The van der Waals surface area contributed by atoms with Crippen molar-refractivity contribution in [2.45, 2.75) is 40.2 Å². The first-order valence-corrected chi connectivity index (χ1v) is 6.51. The Kier molecular flexibility index (Phi) is 5.62. The number of carbonyl (C=O) groups excluding carboxylic acids is 2. The van der Waals surface area contributed by atoms with Crippen molar-refractivity contribution < 1.29 is 9.59 Å². The fourth-order valence-corrected chi connectivity index (χ4v) is 1.64. The number of unbranched alkanes of at least 4 members (excludes halogenated alkanes) is 1. The maximum atomic E-state index is 11.7. The van der Waals surface area contributed by atoms with Gasteiger partial charge in [-0.25, -0.2) is 0 Å². The first-order valence-electron chi connectivity index (χ1n) is 6.51. The molecule has 1 rings (SSSR count). The van der Waals surface area contributed by atoms with Crippen molar-refractivity contribution in [1.82, 2.24) is 9.88 Å². The molecule has 1 aromatic rings. The van der Waals surface area contributed by atoms with Crippen molar-refractivity contribution in [2.24, 2.45) is 5.92 Å². The summed E-state index contributed by atoms with van der Waals surface area (Å²) >= 11 is 0. The summed E-state index contributed by atoms with van der Waals surface area (Å²) < 4.78 is 1.75. The van der Waals surface area contributed by atoms with E-state index in [1.54, 1.807) is 23.0 Å². The van der Waals surface area contributed by atoms with Crippen LogP contribution >= 0.6 is 0 Å². The minimum absolute atomic E-state index is 0.0115. The number of aromatic nitrogens is 1. The number of carbonyl (C=O) groups is 2. The summed E-state index contributed by atoms with van der Waals surface area (Å²) in [6, 6.07) is 1.77. The average Bonchev–Trinajstić information content (AvgIpc) is 2.76. The Labute approximate surface area is 108 Å². The summed E-state index contributed by atoms with van der Waals surface area (Å²) in [5.41, 5.74) is 0.673. The third kappa shape index (κ3) is 4.35. The van der Waals surface area contributed by atoms with E-state index in [0.717, 1.165) is 12.8 Å². The van der Waals surface area contributed by atoms with Crippen molar-refractivity contribution >= 4 is 11.7 Å². The molecule has 0 aliphatic carbocycles. The molecule has 0 radical (unpaired) electrons. The van der Waals surface area contributed by atoms with Crippen molar-refractivity contribution in [3.8, 4) is 0 Å². The predicted molar refractivity (Wildman–Crippen MR) is 71.5 cm³/mol. The Balaban J connectivity index is 2.48. The van der Waals surface area contributed by atoms with Gasteiger partial charge >= 0.3 is 0 Å². The molecule has 0 aliphatic rings. The van der Waals surface area contributed by atoms with E-state index in [4.69, 9.17) is 0 Å². The Hall–Kier alpha value is -1.58. The maximum absolute atomic E-state index is 11.7. The standard InChI is InChI=1S/C14H22N2O2/c1-4-5-7-15-13(17)10-16-8-6-12(9-16)14(18)11(2)3/h6,8-9,11H,4-5,7,10H2,1-3H3,(H,15,17). The highest BCUT2D eigenvalue weighted by Crippen LogP contribution is 2.08. The van der Waals surface area contributed by atoms with Crippen molar-refractivity contribution in [3.05, 3.63) is 24.0 Å². The van der Waals surface area contributed by atoms with Gasteiger partial charge in [-0.1, -0.05) is 27.2 Å². The molecule has 4 nitrogen and oxygen atoms in total. The molecule has 0 atom stereocenters. The zero-order chi connectivity index (χ0) is 13.5. The second kappa shape index (κ2) is 6.99. The first-order chi connectivity index (χ1) is 8.54. The smallest absolute Gasteiger partial charge is 0.239 e. The summed E-state index contributed by atoms with van der Waals surface area (Å²) in [5, 5.41) is 2.85. The Bertz CT molecular complexity index is 408. The third-order valence-corrected chi connectivity index (χ3v) is 2.74. The Morgan fingerprint density at radius 3 is 2.72 bits per heavy atom. The number of hydrogen-bond acceptors (Lipinski definition) is 2.